The second-order valence-corrected chi connectivity index (χ2v) is 5.53. The first-order valence-electron chi connectivity index (χ1n) is 7.08. The number of rotatable bonds is 4. The van der Waals surface area contributed by atoms with E-state index < -0.39 is 74.6 Å². The van der Waals surface area contributed by atoms with Crippen LogP contribution in [0.4, 0.5) is 0 Å². The van der Waals surface area contributed by atoms with E-state index in [0.29, 0.717) is 0 Å². The Kier molecular flexibility index (Phi) is 6.27. The Labute approximate surface area is 130 Å². The topological polar surface area (TPSA) is 190 Å². The number of aliphatic hydroxyl groups excluding tert-OH is 8. The highest BCUT2D eigenvalue weighted by atomic mass is 16.7. The van der Waals surface area contributed by atoms with Gasteiger partial charge in [-0.25, -0.2) is 0 Å². The maximum absolute atomic E-state index is 9.94. The minimum Gasteiger partial charge on any atom is -0.394 e. The van der Waals surface area contributed by atoms with Crippen LogP contribution in [0.25, 0.3) is 0 Å². The van der Waals surface area contributed by atoms with Gasteiger partial charge in [0, 0.05) is 0 Å². The predicted molar refractivity (Wildman–Crippen MR) is 68.6 cm³/mol. The zero-order chi connectivity index (χ0) is 17.3. The molecule has 136 valence electrons. The first-order chi connectivity index (χ1) is 10.8. The highest BCUT2D eigenvalue weighted by molar-refractivity contribution is 4.93. The standard InChI is InChI=1S/C12H22O11/c13-1-3-6(16)8(18)10(11(20)21-3)23-12-9(19)7(17)5(15)4(2-14)22-12/h3-20H,1-2H2/t3-,4-,5-,6-,7+,8+,9+,10-,11+,12-/m1/s1. The monoisotopic (exact) mass is 342 g/mol. The number of ether oxygens (including phenoxy) is 3. The normalized spacial score (nSPS) is 51.7. The van der Waals surface area contributed by atoms with Crippen molar-refractivity contribution in [2.24, 2.45) is 0 Å². The molecule has 0 amide bonds. The smallest absolute Gasteiger partial charge is 0.187 e. The summed E-state index contributed by atoms with van der Waals surface area (Å²) in [5.41, 5.74) is 0. The average molecular weight is 342 g/mol. The summed E-state index contributed by atoms with van der Waals surface area (Å²) in [6.45, 7) is -1.33. The van der Waals surface area contributed by atoms with E-state index >= 15 is 0 Å². The molecule has 10 atom stereocenters. The summed E-state index contributed by atoms with van der Waals surface area (Å²) in [7, 11) is 0. The van der Waals surface area contributed by atoms with Crippen LogP contribution in [0, 0.1) is 0 Å². The van der Waals surface area contributed by atoms with Crippen molar-refractivity contribution >= 4 is 0 Å². The van der Waals surface area contributed by atoms with E-state index in [9.17, 15) is 30.6 Å². The van der Waals surface area contributed by atoms with Crippen molar-refractivity contribution in [1.82, 2.24) is 0 Å². The molecule has 0 aromatic carbocycles. The first kappa shape index (κ1) is 18.9. The predicted octanol–water partition coefficient (Wildman–Crippen LogP) is -5.40. The maximum Gasteiger partial charge on any atom is 0.187 e. The van der Waals surface area contributed by atoms with Crippen LogP contribution < -0.4 is 0 Å². The second kappa shape index (κ2) is 7.63. The number of hydrogen-bond donors (Lipinski definition) is 8. The summed E-state index contributed by atoms with van der Waals surface area (Å²) in [6.07, 6.45) is -15.6. The van der Waals surface area contributed by atoms with Crippen LogP contribution in [0.3, 0.4) is 0 Å². The van der Waals surface area contributed by atoms with Crippen LogP contribution in [0.15, 0.2) is 0 Å². The third kappa shape index (κ3) is 3.65. The van der Waals surface area contributed by atoms with E-state index in [1.165, 1.54) is 0 Å². The fourth-order valence-electron chi connectivity index (χ4n) is 2.55. The van der Waals surface area contributed by atoms with Gasteiger partial charge in [0.15, 0.2) is 12.6 Å². The van der Waals surface area contributed by atoms with Crippen molar-refractivity contribution in [2.75, 3.05) is 13.2 Å². The van der Waals surface area contributed by atoms with Gasteiger partial charge in [-0.1, -0.05) is 0 Å². The Hall–Kier alpha value is -0.440. The summed E-state index contributed by atoms with van der Waals surface area (Å²) < 4.78 is 15.1. The molecule has 2 heterocycles. The maximum atomic E-state index is 9.94. The molecule has 0 aliphatic carbocycles. The van der Waals surface area contributed by atoms with Gasteiger partial charge in [0.2, 0.25) is 0 Å². The Morgan fingerprint density at radius 1 is 0.652 bits per heavy atom. The van der Waals surface area contributed by atoms with E-state index in [1.54, 1.807) is 0 Å². The van der Waals surface area contributed by atoms with E-state index in [-0.39, 0.29) is 0 Å². The molecular formula is C12H22O11. The zero-order valence-corrected chi connectivity index (χ0v) is 12.0. The molecule has 2 fully saturated rings. The summed E-state index contributed by atoms with van der Waals surface area (Å²) >= 11 is 0. The van der Waals surface area contributed by atoms with Gasteiger partial charge in [-0.15, -0.1) is 0 Å². The van der Waals surface area contributed by atoms with E-state index in [1.807, 2.05) is 0 Å². The van der Waals surface area contributed by atoms with E-state index in [2.05, 4.69) is 0 Å². The van der Waals surface area contributed by atoms with Gasteiger partial charge in [-0.3, -0.25) is 0 Å². The fourth-order valence-corrected chi connectivity index (χ4v) is 2.55. The third-order valence-corrected chi connectivity index (χ3v) is 3.98. The van der Waals surface area contributed by atoms with Crippen LogP contribution in [0.2, 0.25) is 0 Å². The molecule has 0 radical (unpaired) electrons. The molecular weight excluding hydrogens is 320 g/mol. The van der Waals surface area contributed by atoms with Gasteiger partial charge in [0.1, 0.15) is 48.8 Å². The Morgan fingerprint density at radius 3 is 1.74 bits per heavy atom. The lowest BCUT2D eigenvalue weighted by atomic mass is 9.97. The van der Waals surface area contributed by atoms with Crippen molar-refractivity contribution in [2.45, 2.75) is 61.4 Å². The molecule has 8 N–H and O–H groups in total. The van der Waals surface area contributed by atoms with Crippen LogP contribution in [0.5, 0.6) is 0 Å². The van der Waals surface area contributed by atoms with Crippen LogP contribution >= 0.6 is 0 Å². The largest absolute Gasteiger partial charge is 0.394 e. The molecule has 23 heavy (non-hydrogen) atoms. The van der Waals surface area contributed by atoms with Crippen molar-refractivity contribution < 1.29 is 55.1 Å². The van der Waals surface area contributed by atoms with Gasteiger partial charge in [0.25, 0.3) is 0 Å². The lowest BCUT2D eigenvalue weighted by Gasteiger charge is -2.44. The minimum atomic E-state index is -1.75. The van der Waals surface area contributed by atoms with Gasteiger partial charge in [-0.2, -0.15) is 0 Å². The van der Waals surface area contributed by atoms with Crippen molar-refractivity contribution in [3.63, 3.8) is 0 Å². The van der Waals surface area contributed by atoms with E-state index in [4.69, 9.17) is 24.4 Å². The lowest BCUT2D eigenvalue weighted by molar-refractivity contribution is -0.361. The summed E-state index contributed by atoms with van der Waals surface area (Å²) in [4.78, 5) is 0. The molecule has 0 unspecified atom stereocenters. The first-order valence-corrected chi connectivity index (χ1v) is 7.08. The summed E-state index contributed by atoms with van der Waals surface area (Å²) in [6, 6.07) is 0. The number of hydrogen-bond acceptors (Lipinski definition) is 11. The molecule has 0 bridgehead atoms. The van der Waals surface area contributed by atoms with Crippen molar-refractivity contribution in [3.05, 3.63) is 0 Å². The Morgan fingerprint density at radius 2 is 1.17 bits per heavy atom. The molecule has 2 aliphatic rings. The number of aliphatic hydroxyl groups is 8. The summed E-state index contributed by atoms with van der Waals surface area (Å²) in [5, 5.41) is 76.7. The molecule has 2 aliphatic heterocycles. The Balaban J connectivity index is 2.08. The highest BCUT2D eigenvalue weighted by Gasteiger charge is 2.50. The van der Waals surface area contributed by atoms with Crippen molar-refractivity contribution in [1.29, 1.82) is 0 Å². The third-order valence-electron chi connectivity index (χ3n) is 3.98. The molecule has 0 saturated carbocycles. The Bertz CT molecular complexity index is 380. The molecule has 11 nitrogen and oxygen atoms in total. The van der Waals surface area contributed by atoms with Crippen LogP contribution in [-0.2, 0) is 14.2 Å². The molecule has 2 saturated heterocycles. The van der Waals surface area contributed by atoms with Gasteiger partial charge in [-0.05, 0) is 0 Å². The SMILES string of the molecule is OC[C@H]1O[C@H](O[C@@H]2[C@@H](O)[C@H](O)[C@@H](CO)O[C@@H]2O)[C@@H](O)[C@@H](O)[C@@H]1O. The second-order valence-electron chi connectivity index (χ2n) is 5.53. The van der Waals surface area contributed by atoms with E-state index in [0.717, 1.165) is 0 Å². The molecule has 0 spiro atoms. The molecule has 11 heteroatoms. The molecule has 0 aromatic heterocycles. The summed E-state index contributed by atoms with van der Waals surface area (Å²) in [5.74, 6) is 0. The van der Waals surface area contributed by atoms with Gasteiger partial charge < -0.3 is 55.1 Å². The highest BCUT2D eigenvalue weighted by Crippen LogP contribution is 2.28. The molecule has 2 rings (SSSR count). The zero-order valence-electron chi connectivity index (χ0n) is 12.0. The quantitative estimate of drug-likeness (QED) is 0.243. The van der Waals surface area contributed by atoms with Gasteiger partial charge in [0.05, 0.1) is 13.2 Å². The average Bonchev–Trinajstić information content (AvgIpc) is 2.54. The van der Waals surface area contributed by atoms with Crippen molar-refractivity contribution in [3.8, 4) is 0 Å². The van der Waals surface area contributed by atoms with Gasteiger partial charge >= 0.3 is 0 Å². The van der Waals surface area contributed by atoms with Crippen LogP contribution in [-0.4, -0.2) is 115 Å². The minimum absolute atomic E-state index is 0.651. The fraction of sp³-hybridized carbons (Fsp3) is 1.00. The molecule has 0 aromatic rings. The van der Waals surface area contributed by atoms with Crippen LogP contribution in [0.1, 0.15) is 0 Å². The lowest BCUT2D eigenvalue weighted by Crippen LogP contribution is -2.64.